The second-order valence-corrected chi connectivity index (χ2v) is 5.10. The zero-order valence-electron chi connectivity index (χ0n) is 14.2. The van der Waals surface area contributed by atoms with E-state index in [1.807, 2.05) is 24.3 Å². The van der Waals surface area contributed by atoms with Crippen LogP contribution in [-0.2, 0) is 6.54 Å². The quantitative estimate of drug-likeness (QED) is 0.267. The third-order valence-electron chi connectivity index (χ3n) is 3.49. The molecule has 0 aliphatic rings. The second kappa shape index (κ2) is 9.08. The predicted octanol–water partition coefficient (Wildman–Crippen LogP) is 0.955. The van der Waals surface area contributed by atoms with Gasteiger partial charge in [0.1, 0.15) is 5.75 Å². The molecule has 1 heterocycles. The van der Waals surface area contributed by atoms with Crippen molar-refractivity contribution in [3.63, 3.8) is 0 Å². The molecular formula is C17H20N6O2. The summed E-state index contributed by atoms with van der Waals surface area (Å²) in [6, 6.07) is 10.7. The summed E-state index contributed by atoms with van der Waals surface area (Å²) >= 11 is 0. The van der Waals surface area contributed by atoms with Crippen molar-refractivity contribution >= 4 is 5.96 Å². The molecule has 0 spiro atoms. The van der Waals surface area contributed by atoms with Crippen molar-refractivity contribution in [3.05, 3.63) is 46.8 Å². The summed E-state index contributed by atoms with van der Waals surface area (Å²) in [5, 5.41) is 18.4. The average Bonchev–Trinajstić information content (AvgIpc) is 2.65. The van der Waals surface area contributed by atoms with E-state index in [-0.39, 0.29) is 5.56 Å². The standard InChI is InChI=1S/C17H20N6O2/c1-19-17(21-12-18)20-10-3-11-23-16(24)9-8-15(22-23)13-4-6-14(25-2)7-5-13/h4-9H,3,10-11H2,1-2H3,(H2,19,20,21). The highest BCUT2D eigenvalue weighted by Crippen LogP contribution is 2.19. The molecular weight excluding hydrogens is 320 g/mol. The normalized spacial score (nSPS) is 10.8. The summed E-state index contributed by atoms with van der Waals surface area (Å²) in [6.45, 7) is 1.02. The molecule has 25 heavy (non-hydrogen) atoms. The van der Waals surface area contributed by atoms with Crippen molar-refractivity contribution < 1.29 is 4.74 Å². The topological polar surface area (TPSA) is 104 Å². The molecule has 2 rings (SSSR count). The third kappa shape index (κ3) is 5.07. The lowest BCUT2D eigenvalue weighted by molar-refractivity contribution is 0.415. The van der Waals surface area contributed by atoms with Gasteiger partial charge in [-0.15, -0.1) is 0 Å². The average molecular weight is 340 g/mol. The lowest BCUT2D eigenvalue weighted by Gasteiger charge is -2.09. The molecule has 2 aromatic rings. The van der Waals surface area contributed by atoms with Crippen LogP contribution in [0.25, 0.3) is 11.3 Å². The predicted molar refractivity (Wildman–Crippen MR) is 95.2 cm³/mol. The zero-order valence-corrected chi connectivity index (χ0v) is 14.2. The number of aryl methyl sites for hydroxylation is 1. The van der Waals surface area contributed by atoms with Crippen LogP contribution in [0.15, 0.2) is 46.2 Å². The first-order chi connectivity index (χ1) is 12.2. The molecule has 8 nitrogen and oxygen atoms in total. The monoisotopic (exact) mass is 340 g/mol. The minimum atomic E-state index is -0.156. The van der Waals surface area contributed by atoms with E-state index in [0.717, 1.165) is 17.0 Å². The molecule has 0 saturated heterocycles. The highest BCUT2D eigenvalue weighted by atomic mass is 16.5. The summed E-state index contributed by atoms with van der Waals surface area (Å²) < 4.78 is 6.57. The Hall–Kier alpha value is -3.34. The first-order valence-corrected chi connectivity index (χ1v) is 7.76. The van der Waals surface area contributed by atoms with Gasteiger partial charge in [0, 0.05) is 31.8 Å². The highest BCUT2D eigenvalue weighted by Gasteiger charge is 2.04. The molecule has 0 aliphatic carbocycles. The van der Waals surface area contributed by atoms with Gasteiger partial charge in [0.2, 0.25) is 5.96 Å². The van der Waals surface area contributed by atoms with Gasteiger partial charge in [0.25, 0.3) is 5.56 Å². The van der Waals surface area contributed by atoms with Gasteiger partial charge in [-0.25, -0.2) is 4.68 Å². The van der Waals surface area contributed by atoms with Gasteiger partial charge in [-0.2, -0.15) is 10.4 Å². The van der Waals surface area contributed by atoms with Gasteiger partial charge in [-0.05, 0) is 36.8 Å². The summed E-state index contributed by atoms with van der Waals surface area (Å²) in [6.07, 6.45) is 2.46. The maximum absolute atomic E-state index is 12.0. The fraction of sp³-hybridized carbons (Fsp3) is 0.294. The van der Waals surface area contributed by atoms with Gasteiger partial charge in [0.15, 0.2) is 6.19 Å². The van der Waals surface area contributed by atoms with E-state index in [9.17, 15) is 4.79 Å². The molecule has 2 N–H and O–H groups in total. The summed E-state index contributed by atoms with van der Waals surface area (Å²) in [5.74, 6) is 1.16. The fourth-order valence-electron chi connectivity index (χ4n) is 2.19. The van der Waals surface area contributed by atoms with Crippen LogP contribution < -0.4 is 20.9 Å². The Kier molecular flexibility index (Phi) is 6.54. The van der Waals surface area contributed by atoms with E-state index < -0.39 is 0 Å². The SMILES string of the molecule is C/N=C(\NC#N)NCCCn1nc(-c2ccc(OC)cc2)ccc1=O. The molecule has 1 aromatic carbocycles. The molecule has 0 radical (unpaired) electrons. The number of nitriles is 1. The van der Waals surface area contributed by atoms with Crippen LogP contribution in [0.4, 0.5) is 0 Å². The lowest BCUT2D eigenvalue weighted by Crippen LogP contribution is -2.35. The van der Waals surface area contributed by atoms with Crippen LogP contribution in [0.3, 0.4) is 0 Å². The molecule has 8 heteroatoms. The molecule has 0 amide bonds. The number of hydrogen-bond donors (Lipinski definition) is 2. The Morgan fingerprint density at radius 2 is 2.08 bits per heavy atom. The Morgan fingerprint density at radius 1 is 1.32 bits per heavy atom. The van der Waals surface area contributed by atoms with E-state index >= 15 is 0 Å². The van der Waals surface area contributed by atoms with Gasteiger partial charge < -0.3 is 10.1 Å². The van der Waals surface area contributed by atoms with E-state index in [4.69, 9.17) is 10.00 Å². The number of nitrogens with zero attached hydrogens (tertiary/aromatic N) is 4. The smallest absolute Gasteiger partial charge is 0.266 e. The minimum absolute atomic E-state index is 0.156. The first kappa shape index (κ1) is 18.0. The van der Waals surface area contributed by atoms with Crippen molar-refractivity contribution in [3.8, 4) is 23.2 Å². The molecule has 0 unspecified atom stereocenters. The van der Waals surface area contributed by atoms with E-state index in [2.05, 4.69) is 20.7 Å². The van der Waals surface area contributed by atoms with Crippen molar-refractivity contribution in [2.24, 2.45) is 4.99 Å². The molecule has 0 aliphatic heterocycles. The van der Waals surface area contributed by atoms with Crippen LogP contribution in [-0.4, -0.2) is 36.4 Å². The molecule has 130 valence electrons. The van der Waals surface area contributed by atoms with E-state index in [1.54, 1.807) is 26.4 Å². The molecule has 1 aromatic heterocycles. The molecule has 0 saturated carbocycles. The van der Waals surface area contributed by atoms with Crippen LogP contribution in [0.2, 0.25) is 0 Å². The number of rotatable bonds is 6. The second-order valence-electron chi connectivity index (χ2n) is 5.10. The van der Waals surface area contributed by atoms with Gasteiger partial charge in [-0.1, -0.05) is 0 Å². The van der Waals surface area contributed by atoms with Crippen molar-refractivity contribution in [2.75, 3.05) is 20.7 Å². The number of aromatic nitrogens is 2. The maximum Gasteiger partial charge on any atom is 0.266 e. The van der Waals surface area contributed by atoms with E-state index in [1.165, 1.54) is 10.7 Å². The number of guanidine groups is 1. The zero-order chi connectivity index (χ0) is 18.1. The minimum Gasteiger partial charge on any atom is -0.497 e. The number of benzene rings is 1. The molecule has 0 bridgehead atoms. The summed E-state index contributed by atoms with van der Waals surface area (Å²) in [5.41, 5.74) is 1.47. The van der Waals surface area contributed by atoms with E-state index in [0.29, 0.717) is 25.5 Å². The van der Waals surface area contributed by atoms with Crippen LogP contribution in [0, 0.1) is 11.5 Å². The number of ether oxygens (including phenoxy) is 1. The van der Waals surface area contributed by atoms with Gasteiger partial charge in [0.05, 0.1) is 12.8 Å². The van der Waals surface area contributed by atoms with Crippen LogP contribution in [0.5, 0.6) is 5.75 Å². The number of methoxy groups -OCH3 is 1. The number of nitrogens with one attached hydrogen (secondary N) is 2. The lowest BCUT2D eigenvalue weighted by atomic mass is 10.1. The van der Waals surface area contributed by atoms with Crippen molar-refractivity contribution in [1.82, 2.24) is 20.4 Å². The summed E-state index contributed by atoms with van der Waals surface area (Å²) in [7, 11) is 3.19. The summed E-state index contributed by atoms with van der Waals surface area (Å²) in [4.78, 5) is 15.9. The largest absolute Gasteiger partial charge is 0.497 e. The number of aliphatic imine (C=N–C) groups is 1. The Balaban J connectivity index is 2.01. The van der Waals surface area contributed by atoms with Crippen molar-refractivity contribution in [1.29, 1.82) is 5.26 Å². The first-order valence-electron chi connectivity index (χ1n) is 7.76. The Morgan fingerprint density at radius 3 is 2.72 bits per heavy atom. The Bertz CT molecular complexity index is 820. The fourth-order valence-corrected chi connectivity index (χ4v) is 2.19. The highest BCUT2D eigenvalue weighted by molar-refractivity contribution is 5.80. The van der Waals surface area contributed by atoms with Gasteiger partial charge in [-0.3, -0.25) is 15.1 Å². The van der Waals surface area contributed by atoms with Crippen LogP contribution >= 0.6 is 0 Å². The molecule has 0 fully saturated rings. The third-order valence-corrected chi connectivity index (χ3v) is 3.49. The van der Waals surface area contributed by atoms with Crippen LogP contribution in [0.1, 0.15) is 6.42 Å². The maximum atomic E-state index is 12.0. The molecule has 0 atom stereocenters. The van der Waals surface area contributed by atoms with Gasteiger partial charge >= 0.3 is 0 Å². The Labute approximate surface area is 145 Å². The van der Waals surface area contributed by atoms with Crippen molar-refractivity contribution in [2.45, 2.75) is 13.0 Å². The number of hydrogen-bond acceptors (Lipinski definition) is 5.